The Hall–Kier alpha value is -2.74. The maximum atomic E-state index is 13.5. The third-order valence-electron chi connectivity index (χ3n) is 5.35. The van der Waals surface area contributed by atoms with Crippen molar-refractivity contribution in [3.05, 3.63) is 93.3 Å². The van der Waals surface area contributed by atoms with Crippen molar-refractivity contribution in [3.63, 3.8) is 0 Å². The van der Waals surface area contributed by atoms with Crippen LogP contribution in [0.5, 0.6) is 0 Å². The standard InChI is InChI=1S/C23H18ClN3O2S2/c1-15-7-5-8-16-13-18(23(24)25-22(15)16)20-14-19(21-11-6-12-30-21)26-27(20)31(28,29)17-9-3-2-4-10-17/h2-13,20H,14H2,1H3/t20-/m1/s1. The molecule has 0 bridgehead atoms. The van der Waals surface area contributed by atoms with Gasteiger partial charge in [-0.15, -0.1) is 11.3 Å². The zero-order chi connectivity index (χ0) is 21.6. The topological polar surface area (TPSA) is 62.6 Å². The van der Waals surface area contributed by atoms with Crippen molar-refractivity contribution >= 4 is 49.6 Å². The highest BCUT2D eigenvalue weighted by Gasteiger charge is 2.39. The number of aryl methyl sites for hydroxylation is 1. The molecule has 3 heterocycles. The average molecular weight is 468 g/mol. The monoisotopic (exact) mass is 467 g/mol. The number of rotatable bonds is 4. The molecule has 0 saturated carbocycles. The number of sulfonamides is 1. The first-order valence-electron chi connectivity index (χ1n) is 9.72. The van der Waals surface area contributed by atoms with E-state index in [1.165, 1.54) is 15.8 Å². The third kappa shape index (κ3) is 3.52. The van der Waals surface area contributed by atoms with E-state index in [-0.39, 0.29) is 4.90 Å². The number of para-hydroxylation sites is 1. The first kappa shape index (κ1) is 20.2. The van der Waals surface area contributed by atoms with Gasteiger partial charge in [-0.1, -0.05) is 54.1 Å². The van der Waals surface area contributed by atoms with Gasteiger partial charge in [0.1, 0.15) is 5.15 Å². The minimum Gasteiger partial charge on any atom is -0.235 e. The van der Waals surface area contributed by atoms with Gasteiger partial charge in [-0.25, -0.2) is 4.98 Å². The summed E-state index contributed by atoms with van der Waals surface area (Å²) in [6.07, 6.45) is 0.422. The number of hydrazone groups is 1. The number of hydrogen-bond donors (Lipinski definition) is 0. The molecule has 0 saturated heterocycles. The van der Waals surface area contributed by atoms with Crippen LogP contribution in [0.25, 0.3) is 10.9 Å². The van der Waals surface area contributed by atoms with Gasteiger partial charge < -0.3 is 0 Å². The van der Waals surface area contributed by atoms with Gasteiger partial charge in [-0.2, -0.15) is 17.9 Å². The van der Waals surface area contributed by atoms with Crippen LogP contribution in [0, 0.1) is 6.92 Å². The van der Waals surface area contributed by atoms with E-state index in [1.807, 2.05) is 48.7 Å². The van der Waals surface area contributed by atoms with Gasteiger partial charge in [0.05, 0.1) is 27.0 Å². The summed E-state index contributed by atoms with van der Waals surface area (Å²) in [5.41, 5.74) is 3.20. The van der Waals surface area contributed by atoms with Gasteiger partial charge in [0.15, 0.2) is 0 Å². The molecule has 0 fully saturated rings. The molecule has 0 spiro atoms. The van der Waals surface area contributed by atoms with Crippen LogP contribution in [0.3, 0.4) is 0 Å². The maximum absolute atomic E-state index is 13.5. The first-order valence-corrected chi connectivity index (χ1v) is 12.4. The van der Waals surface area contributed by atoms with Crippen LogP contribution in [-0.4, -0.2) is 23.5 Å². The predicted octanol–water partition coefficient (Wildman–Crippen LogP) is 5.80. The molecule has 1 aliphatic rings. The number of nitrogens with zero attached hydrogens (tertiary/aromatic N) is 3. The van der Waals surface area contributed by atoms with Crippen molar-refractivity contribution in [2.75, 3.05) is 0 Å². The smallest absolute Gasteiger partial charge is 0.235 e. The van der Waals surface area contributed by atoms with Gasteiger partial charge in [-0.3, -0.25) is 0 Å². The Bertz CT molecular complexity index is 1400. The zero-order valence-corrected chi connectivity index (χ0v) is 19.0. The van der Waals surface area contributed by atoms with Gasteiger partial charge in [0, 0.05) is 17.4 Å². The fraction of sp³-hybridized carbons (Fsp3) is 0.130. The normalized spacial score (nSPS) is 16.6. The Labute approximate surface area is 189 Å². The summed E-state index contributed by atoms with van der Waals surface area (Å²) < 4.78 is 28.2. The Morgan fingerprint density at radius 2 is 1.87 bits per heavy atom. The number of hydrogen-bond acceptors (Lipinski definition) is 5. The molecule has 156 valence electrons. The molecule has 1 atom stereocenters. The highest BCUT2D eigenvalue weighted by atomic mass is 35.5. The van der Waals surface area contributed by atoms with Crippen molar-refractivity contribution in [2.24, 2.45) is 5.10 Å². The number of thiophene rings is 1. The zero-order valence-electron chi connectivity index (χ0n) is 16.6. The van der Waals surface area contributed by atoms with Crippen LogP contribution in [0.4, 0.5) is 0 Å². The van der Waals surface area contributed by atoms with Crippen molar-refractivity contribution in [1.82, 2.24) is 9.40 Å². The van der Waals surface area contributed by atoms with Gasteiger partial charge in [-0.05, 0) is 42.1 Å². The summed E-state index contributed by atoms with van der Waals surface area (Å²) in [6.45, 7) is 1.98. The Kier molecular flexibility index (Phi) is 5.04. The van der Waals surface area contributed by atoms with E-state index in [1.54, 1.807) is 30.3 Å². The minimum atomic E-state index is -3.87. The lowest BCUT2D eigenvalue weighted by Crippen LogP contribution is -2.27. The van der Waals surface area contributed by atoms with Gasteiger partial charge >= 0.3 is 0 Å². The number of benzene rings is 2. The van der Waals surface area contributed by atoms with Gasteiger partial charge in [0.2, 0.25) is 0 Å². The maximum Gasteiger partial charge on any atom is 0.279 e. The lowest BCUT2D eigenvalue weighted by atomic mass is 10.0. The number of fused-ring (bicyclic) bond motifs is 1. The second-order valence-corrected chi connectivity index (χ2v) is 10.5. The van der Waals surface area contributed by atoms with Crippen LogP contribution >= 0.6 is 22.9 Å². The van der Waals surface area contributed by atoms with Crippen molar-refractivity contribution in [1.29, 1.82) is 0 Å². The molecule has 1 aliphatic heterocycles. The van der Waals surface area contributed by atoms with E-state index in [4.69, 9.17) is 11.6 Å². The van der Waals surface area contributed by atoms with E-state index in [0.717, 1.165) is 27.1 Å². The lowest BCUT2D eigenvalue weighted by Gasteiger charge is -2.24. The fourth-order valence-electron chi connectivity index (χ4n) is 3.81. The van der Waals surface area contributed by atoms with Crippen LogP contribution in [0.1, 0.15) is 28.5 Å². The molecule has 8 heteroatoms. The fourth-order valence-corrected chi connectivity index (χ4v) is 6.24. The number of pyridine rings is 1. The molecule has 0 N–H and O–H groups in total. The molecule has 5 nitrogen and oxygen atoms in total. The Morgan fingerprint density at radius 3 is 2.61 bits per heavy atom. The van der Waals surface area contributed by atoms with E-state index in [9.17, 15) is 8.42 Å². The second-order valence-electron chi connectivity index (χ2n) is 7.35. The van der Waals surface area contributed by atoms with Crippen LogP contribution in [0.2, 0.25) is 5.15 Å². The molecule has 0 radical (unpaired) electrons. The predicted molar refractivity (Wildman–Crippen MR) is 125 cm³/mol. The summed E-state index contributed by atoms with van der Waals surface area (Å²) in [4.78, 5) is 5.73. The molecular formula is C23H18ClN3O2S2. The molecular weight excluding hydrogens is 450 g/mol. The first-order chi connectivity index (χ1) is 14.9. The van der Waals surface area contributed by atoms with E-state index in [2.05, 4.69) is 10.1 Å². The Morgan fingerprint density at radius 1 is 1.06 bits per heavy atom. The summed E-state index contributed by atoms with van der Waals surface area (Å²) in [6, 6.07) is 19.5. The molecule has 0 unspecified atom stereocenters. The van der Waals surface area contributed by atoms with Crippen molar-refractivity contribution < 1.29 is 8.42 Å². The highest BCUT2D eigenvalue weighted by molar-refractivity contribution is 7.89. The largest absolute Gasteiger partial charge is 0.279 e. The van der Waals surface area contributed by atoms with E-state index >= 15 is 0 Å². The Balaban J connectivity index is 1.67. The van der Waals surface area contributed by atoms with Crippen molar-refractivity contribution in [3.8, 4) is 0 Å². The van der Waals surface area contributed by atoms with Crippen LogP contribution in [-0.2, 0) is 10.0 Å². The van der Waals surface area contributed by atoms with Crippen molar-refractivity contribution in [2.45, 2.75) is 24.3 Å². The molecule has 4 aromatic rings. The highest BCUT2D eigenvalue weighted by Crippen LogP contribution is 2.41. The molecule has 0 aliphatic carbocycles. The van der Waals surface area contributed by atoms with E-state index in [0.29, 0.717) is 17.1 Å². The summed E-state index contributed by atoms with van der Waals surface area (Å²) in [5.74, 6) is 0. The summed E-state index contributed by atoms with van der Waals surface area (Å²) >= 11 is 8.14. The summed E-state index contributed by atoms with van der Waals surface area (Å²) in [7, 11) is -3.87. The lowest BCUT2D eigenvalue weighted by molar-refractivity contribution is 0.371. The molecule has 0 amide bonds. The average Bonchev–Trinajstić information content (AvgIpc) is 3.45. The second kappa shape index (κ2) is 7.75. The molecule has 2 aromatic carbocycles. The number of aromatic nitrogens is 1. The third-order valence-corrected chi connectivity index (χ3v) is 8.27. The molecule has 31 heavy (non-hydrogen) atoms. The van der Waals surface area contributed by atoms with Gasteiger partial charge in [0.25, 0.3) is 10.0 Å². The van der Waals surface area contributed by atoms with Crippen LogP contribution < -0.4 is 0 Å². The van der Waals surface area contributed by atoms with E-state index < -0.39 is 16.1 Å². The number of halogens is 1. The van der Waals surface area contributed by atoms with Crippen LogP contribution in [0.15, 0.2) is 82.1 Å². The quantitative estimate of drug-likeness (QED) is 0.356. The minimum absolute atomic E-state index is 0.192. The molecule has 5 rings (SSSR count). The molecule has 2 aromatic heterocycles. The SMILES string of the molecule is Cc1cccc2cc([C@H]3CC(c4cccs4)=NN3S(=O)(=O)c3ccccc3)c(Cl)nc12. The summed E-state index contributed by atoms with van der Waals surface area (Å²) in [5, 5.41) is 7.73.